The van der Waals surface area contributed by atoms with E-state index in [1.54, 1.807) is 14.0 Å². The molecule has 0 aliphatic rings. The van der Waals surface area contributed by atoms with Crippen LogP contribution in [0.5, 0.6) is 5.75 Å². The standard InChI is InChI=1S/C16H19N3O2/c1-10-11(2)19-15(12(3)18-10)16(20)17-9-13-6-5-7-14(8-13)21-4/h5-8H,9H2,1-4H3,(H,17,20). The SMILES string of the molecule is COc1cccc(CNC(=O)c2nc(C)c(C)nc2C)c1. The Morgan fingerprint density at radius 3 is 2.57 bits per heavy atom. The lowest BCUT2D eigenvalue weighted by molar-refractivity contribution is 0.0944. The van der Waals surface area contributed by atoms with Gasteiger partial charge in [-0.25, -0.2) is 4.98 Å². The predicted molar refractivity (Wildman–Crippen MR) is 80.4 cm³/mol. The fourth-order valence-corrected chi connectivity index (χ4v) is 1.98. The molecule has 2 aromatic rings. The van der Waals surface area contributed by atoms with Gasteiger partial charge in [0, 0.05) is 6.54 Å². The van der Waals surface area contributed by atoms with Crippen molar-refractivity contribution >= 4 is 5.91 Å². The van der Waals surface area contributed by atoms with E-state index < -0.39 is 0 Å². The molecule has 1 aromatic carbocycles. The summed E-state index contributed by atoms with van der Waals surface area (Å²) < 4.78 is 5.16. The van der Waals surface area contributed by atoms with Gasteiger partial charge in [0.05, 0.1) is 24.2 Å². The maximum atomic E-state index is 12.2. The summed E-state index contributed by atoms with van der Waals surface area (Å²) in [5.74, 6) is 0.551. The van der Waals surface area contributed by atoms with Crippen LogP contribution in [-0.4, -0.2) is 23.0 Å². The normalized spacial score (nSPS) is 10.3. The number of aromatic nitrogens is 2. The molecule has 0 fully saturated rings. The fraction of sp³-hybridized carbons (Fsp3) is 0.312. The van der Waals surface area contributed by atoms with Gasteiger partial charge >= 0.3 is 0 Å². The predicted octanol–water partition coefficient (Wildman–Crippen LogP) is 2.34. The third kappa shape index (κ3) is 3.56. The highest BCUT2D eigenvalue weighted by atomic mass is 16.5. The van der Waals surface area contributed by atoms with E-state index in [4.69, 9.17) is 4.74 Å². The molecule has 0 spiro atoms. The molecule has 0 saturated carbocycles. The molecule has 1 N–H and O–H groups in total. The molecule has 110 valence electrons. The first-order valence-corrected chi connectivity index (χ1v) is 6.74. The molecular weight excluding hydrogens is 266 g/mol. The van der Waals surface area contributed by atoms with Crippen molar-refractivity contribution < 1.29 is 9.53 Å². The van der Waals surface area contributed by atoms with Gasteiger partial charge in [-0.3, -0.25) is 9.78 Å². The first-order valence-electron chi connectivity index (χ1n) is 6.74. The van der Waals surface area contributed by atoms with Crippen LogP contribution in [-0.2, 0) is 6.54 Å². The van der Waals surface area contributed by atoms with Gasteiger partial charge in [-0.2, -0.15) is 0 Å². The Balaban J connectivity index is 2.10. The van der Waals surface area contributed by atoms with Crippen molar-refractivity contribution in [3.63, 3.8) is 0 Å². The van der Waals surface area contributed by atoms with Gasteiger partial charge in [-0.15, -0.1) is 0 Å². The van der Waals surface area contributed by atoms with Crippen molar-refractivity contribution in [2.75, 3.05) is 7.11 Å². The zero-order chi connectivity index (χ0) is 15.4. The smallest absolute Gasteiger partial charge is 0.272 e. The number of hydrogen-bond donors (Lipinski definition) is 1. The minimum absolute atomic E-state index is 0.217. The van der Waals surface area contributed by atoms with E-state index in [0.29, 0.717) is 17.9 Å². The highest BCUT2D eigenvalue weighted by molar-refractivity contribution is 5.93. The Labute approximate surface area is 124 Å². The summed E-state index contributed by atoms with van der Waals surface area (Å²) in [6.07, 6.45) is 0. The Bertz CT molecular complexity index is 669. The molecule has 0 saturated heterocycles. The van der Waals surface area contributed by atoms with Gasteiger partial charge in [0.25, 0.3) is 5.91 Å². The van der Waals surface area contributed by atoms with Crippen LogP contribution in [0, 0.1) is 20.8 Å². The van der Waals surface area contributed by atoms with E-state index >= 15 is 0 Å². The van der Waals surface area contributed by atoms with Crippen LogP contribution in [0.15, 0.2) is 24.3 Å². The van der Waals surface area contributed by atoms with Crippen LogP contribution in [0.4, 0.5) is 0 Å². The van der Waals surface area contributed by atoms with Crippen LogP contribution in [0.3, 0.4) is 0 Å². The summed E-state index contributed by atoms with van der Waals surface area (Å²) in [6.45, 7) is 5.94. The van der Waals surface area contributed by atoms with Crippen LogP contribution in [0.2, 0.25) is 0 Å². The van der Waals surface area contributed by atoms with Gasteiger partial charge in [0.15, 0.2) is 0 Å². The van der Waals surface area contributed by atoms with Gasteiger partial charge in [-0.1, -0.05) is 12.1 Å². The van der Waals surface area contributed by atoms with Crippen molar-refractivity contribution in [2.45, 2.75) is 27.3 Å². The number of aryl methyl sites for hydroxylation is 3. The third-order valence-corrected chi connectivity index (χ3v) is 3.28. The number of methoxy groups -OCH3 is 1. The number of amides is 1. The van der Waals surface area contributed by atoms with Crippen molar-refractivity contribution in [2.24, 2.45) is 0 Å². The van der Waals surface area contributed by atoms with Crippen LogP contribution in [0.25, 0.3) is 0 Å². The number of carbonyl (C=O) groups excluding carboxylic acids is 1. The first kappa shape index (κ1) is 15.0. The largest absolute Gasteiger partial charge is 0.497 e. The average Bonchev–Trinajstić information content (AvgIpc) is 2.48. The quantitative estimate of drug-likeness (QED) is 0.936. The summed E-state index contributed by atoms with van der Waals surface area (Å²) in [5.41, 5.74) is 3.60. The summed E-state index contributed by atoms with van der Waals surface area (Å²) in [4.78, 5) is 20.9. The summed E-state index contributed by atoms with van der Waals surface area (Å²) in [7, 11) is 1.62. The molecule has 0 atom stereocenters. The number of nitrogens with one attached hydrogen (secondary N) is 1. The number of hydrogen-bond acceptors (Lipinski definition) is 4. The zero-order valence-electron chi connectivity index (χ0n) is 12.7. The zero-order valence-corrected chi connectivity index (χ0v) is 12.7. The minimum atomic E-state index is -0.217. The van der Waals surface area contributed by atoms with Crippen molar-refractivity contribution in [3.05, 3.63) is 52.6 Å². The van der Waals surface area contributed by atoms with Crippen molar-refractivity contribution in [3.8, 4) is 5.75 Å². The topological polar surface area (TPSA) is 64.1 Å². The molecule has 2 rings (SSSR count). The van der Waals surface area contributed by atoms with E-state index in [-0.39, 0.29) is 5.91 Å². The van der Waals surface area contributed by atoms with Gasteiger partial charge < -0.3 is 10.1 Å². The van der Waals surface area contributed by atoms with E-state index in [9.17, 15) is 4.79 Å². The maximum absolute atomic E-state index is 12.2. The summed E-state index contributed by atoms with van der Waals surface area (Å²) >= 11 is 0. The molecular formula is C16H19N3O2. The molecule has 1 aromatic heterocycles. The monoisotopic (exact) mass is 285 g/mol. The van der Waals surface area contributed by atoms with Crippen LogP contribution in [0.1, 0.15) is 33.1 Å². The van der Waals surface area contributed by atoms with Crippen LogP contribution < -0.4 is 10.1 Å². The number of carbonyl (C=O) groups is 1. The van der Waals surface area contributed by atoms with E-state index in [2.05, 4.69) is 15.3 Å². The number of ether oxygens (including phenoxy) is 1. The molecule has 5 heteroatoms. The Hall–Kier alpha value is -2.43. The van der Waals surface area contributed by atoms with Gasteiger partial charge in [0.1, 0.15) is 11.4 Å². The third-order valence-electron chi connectivity index (χ3n) is 3.28. The molecule has 0 radical (unpaired) electrons. The fourth-order valence-electron chi connectivity index (χ4n) is 1.98. The Morgan fingerprint density at radius 2 is 1.86 bits per heavy atom. The second-order valence-corrected chi connectivity index (χ2v) is 4.86. The van der Waals surface area contributed by atoms with E-state index in [1.165, 1.54) is 0 Å². The van der Waals surface area contributed by atoms with Crippen molar-refractivity contribution in [1.29, 1.82) is 0 Å². The number of benzene rings is 1. The first-order chi connectivity index (χ1) is 10.0. The molecule has 1 amide bonds. The lowest BCUT2D eigenvalue weighted by Crippen LogP contribution is -2.25. The Morgan fingerprint density at radius 1 is 1.14 bits per heavy atom. The molecule has 1 heterocycles. The summed E-state index contributed by atoms with van der Waals surface area (Å²) in [6, 6.07) is 7.58. The lowest BCUT2D eigenvalue weighted by atomic mass is 10.2. The summed E-state index contributed by atoms with van der Waals surface area (Å²) in [5, 5.41) is 2.86. The van der Waals surface area contributed by atoms with Crippen molar-refractivity contribution in [1.82, 2.24) is 15.3 Å². The van der Waals surface area contributed by atoms with Gasteiger partial charge in [-0.05, 0) is 38.5 Å². The highest BCUT2D eigenvalue weighted by Crippen LogP contribution is 2.12. The molecule has 0 bridgehead atoms. The average molecular weight is 285 g/mol. The second kappa shape index (κ2) is 6.35. The van der Waals surface area contributed by atoms with E-state index in [0.717, 1.165) is 22.7 Å². The number of nitrogens with zero attached hydrogens (tertiary/aromatic N) is 2. The molecule has 5 nitrogen and oxygen atoms in total. The number of rotatable bonds is 4. The lowest BCUT2D eigenvalue weighted by Gasteiger charge is -2.09. The molecule has 21 heavy (non-hydrogen) atoms. The molecule has 0 unspecified atom stereocenters. The van der Waals surface area contributed by atoms with E-state index in [1.807, 2.05) is 38.1 Å². The van der Waals surface area contributed by atoms with Gasteiger partial charge in [0.2, 0.25) is 0 Å². The Kier molecular flexibility index (Phi) is 4.52. The minimum Gasteiger partial charge on any atom is -0.497 e. The highest BCUT2D eigenvalue weighted by Gasteiger charge is 2.13. The van der Waals surface area contributed by atoms with Crippen LogP contribution >= 0.6 is 0 Å². The maximum Gasteiger partial charge on any atom is 0.272 e. The molecule has 0 aliphatic heterocycles. The second-order valence-electron chi connectivity index (χ2n) is 4.86. The molecule has 0 aliphatic carbocycles.